The molecule has 0 aromatic heterocycles. The van der Waals surface area contributed by atoms with Crippen molar-refractivity contribution in [1.29, 1.82) is 0 Å². The fraction of sp³-hybridized carbons (Fsp3) is 0.444. The average Bonchev–Trinajstić information content (AvgIpc) is 3.38. The number of carbonyl (C=O) groups excluding carboxylic acids is 4. The second-order valence-corrected chi connectivity index (χ2v) is 9.62. The number of fused-ring (bicyclic) bond motifs is 1. The molecule has 0 N–H and O–H groups in total. The zero-order valence-corrected chi connectivity index (χ0v) is 21.6. The lowest BCUT2D eigenvalue weighted by Gasteiger charge is -2.40. The van der Waals surface area contributed by atoms with Gasteiger partial charge in [0.25, 0.3) is 0 Å². The Labute approximate surface area is 215 Å². The van der Waals surface area contributed by atoms with Gasteiger partial charge in [-0.15, -0.1) is 6.58 Å². The van der Waals surface area contributed by atoms with Crippen molar-refractivity contribution in [3.8, 4) is 0 Å². The van der Waals surface area contributed by atoms with Gasteiger partial charge < -0.3 is 19.1 Å². The second-order valence-electron chi connectivity index (χ2n) is 9.62. The molecule has 3 atom stereocenters. The summed E-state index contributed by atoms with van der Waals surface area (Å²) in [5, 5.41) is 0. The first-order valence-electron chi connectivity index (χ1n) is 12.0. The van der Waals surface area contributed by atoms with E-state index in [1.165, 1.54) is 26.2 Å². The first kappa shape index (κ1) is 26.1. The average molecular weight is 510 g/mol. The maximum Gasteiger partial charge on any atom is 0.357 e. The molecule has 0 saturated carbocycles. The molecule has 1 amide bonds. The first-order chi connectivity index (χ1) is 17.7. The summed E-state index contributed by atoms with van der Waals surface area (Å²) in [5.74, 6) is -2.33. The maximum atomic E-state index is 13.6. The van der Waals surface area contributed by atoms with E-state index in [1.54, 1.807) is 6.08 Å². The SMILES string of the molecule is C=CCN1c2ccccc2[C@]23C[C@@H](C(=O)OC)N(C(=O)CC(C)C)C2=NC(C(=O)OC)=C(C(=O)OC)[C@H]13. The number of hydrogen-bond acceptors (Lipinski definition) is 9. The molecule has 10 heteroatoms. The van der Waals surface area contributed by atoms with Gasteiger partial charge in [0, 0.05) is 18.7 Å². The van der Waals surface area contributed by atoms with Gasteiger partial charge in [-0.3, -0.25) is 9.69 Å². The minimum absolute atomic E-state index is 0.00192. The quantitative estimate of drug-likeness (QED) is 0.312. The van der Waals surface area contributed by atoms with Crippen LogP contribution >= 0.6 is 0 Å². The summed E-state index contributed by atoms with van der Waals surface area (Å²) in [4.78, 5) is 61.0. The maximum absolute atomic E-state index is 13.6. The molecule has 10 nitrogen and oxygen atoms in total. The van der Waals surface area contributed by atoms with Gasteiger partial charge in [-0.05, 0) is 24.0 Å². The highest BCUT2D eigenvalue weighted by atomic mass is 16.5. The third kappa shape index (κ3) is 3.82. The molecule has 0 bridgehead atoms. The van der Waals surface area contributed by atoms with Crippen molar-refractivity contribution in [2.75, 3.05) is 32.8 Å². The minimum Gasteiger partial charge on any atom is -0.467 e. The Hall–Kier alpha value is -3.95. The van der Waals surface area contributed by atoms with Crippen LogP contribution in [-0.2, 0) is 38.8 Å². The van der Waals surface area contributed by atoms with E-state index in [-0.39, 0.29) is 41.8 Å². The van der Waals surface area contributed by atoms with E-state index >= 15 is 0 Å². The number of likely N-dealkylation sites (tertiary alicyclic amines) is 1. The predicted octanol–water partition coefficient (Wildman–Crippen LogP) is 2.13. The monoisotopic (exact) mass is 509 g/mol. The normalized spacial score (nSPS) is 23.7. The summed E-state index contributed by atoms with van der Waals surface area (Å²) in [5.41, 5.74) is 0.165. The number of ether oxygens (including phenoxy) is 3. The zero-order chi connectivity index (χ0) is 27.1. The van der Waals surface area contributed by atoms with Crippen molar-refractivity contribution in [3.05, 3.63) is 53.8 Å². The number of benzene rings is 1. The second kappa shape index (κ2) is 9.84. The highest BCUT2D eigenvalue weighted by Crippen LogP contribution is 2.57. The molecule has 0 radical (unpaired) electrons. The van der Waals surface area contributed by atoms with Gasteiger partial charge in [0.1, 0.15) is 11.9 Å². The van der Waals surface area contributed by atoms with E-state index < -0.39 is 35.4 Å². The van der Waals surface area contributed by atoms with Crippen LogP contribution in [0.25, 0.3) is 0 Å². The van der Waals surface area contributed by atoms with E-state index in [0.717, 1.165) is 11.3 Å². The van der Waals surface area contributed by atoms with E-state index in [0.29, 0.717) is 6.54 Å². The lowest BCUT2D eigenvalue weighted by Crippen LogP contribution is -2.56. The Bertz CT molecular complexity index is 1230. The molecule has 37 heavy (non-hydrogen) atoms. The Morgan fingerprint density at radius 1 is 1.11 bits per heavy atom. The Morgan fingerprint density at radius 2 is 1.78 bits per heavy atom. The van der Waals surface area contributed by atoms with Crippen LogP contribution in [0, 0.1) is 5.92 Å². The molecule has 0 unspecified atom stereocenters. The van der Waals surface area contributed by atoms with Crippen LogP contribution in [0.3, 0.4) is 0 Å². The van der Waals surface area contributed by atoms with E-state index in [4.69, 9.17) is 14.2 Å². The van der Waals surface area contributed by atoms with E-state index in [9.17, 15) is 19.2 Å². The summed E-state index contributed by atoms with van der Waals surface area (Å²) in [6.45, 7) is 7.98. The lowest BCUT2D eigenvalue weighted by atomic mass is 9.69. The van der Waals surface area contributed by atoms with Crippen molar-refractivity contribution in [2.24, 2.45) is 10.9 Å². The number of hydrogen-bond donors (Lipinski definition) is 0. The number of amides is 1. The lowest BCUT2D eigenvalue weighted by molar-refractivity contribution is -0.149. The number of esters is 3. The largest absolute Gasteiger partial charge is 0.467 e. The van der Waals surface area contributed by atoms with E-state index in [2.05, 4.69) is 11.6 Å². The number of rotatable bonds is 7. The van der Waals surface area contributed by atoms with Crippen molar-refractivity contribution < 1.29 is 33.4 Å². The molecule has 4 rings (SSSR count). The standard InChI is InChI=1S/C27H31N3O7/c1-7-12-29-17-11-9-8-10-16(17)27-14-18(23(32)35-4)30(19(31)13-15(2)3)26(27)28-21(25(34)37-6)20(22(27)29)24(33)36-5/h7-11,15,18,22H,1,12-14H2,2-6H3/t18-,22-,27-/m0/s1. The molecular weight excluding hydrogens is 478 g/mol. The van der Waals surface area contributed by atoms with Gasteiger partial charge in [-0.2, -0.15) is 0 Å². The fourth-order valence-electron chi connectivity index (χ4n) is 5.80. The number of para-hydroxylation sites is 1. The molecule has 1 fully saturated rings. The van der Waals surface area contributed by atoms with Gasteiger partial charge in [0.15, 0.2) is 5.70 Å². The molecule has 196 valence electrons. The van der Waals surface area contributed by atoms with Crippen molar-refractivity contribution >= 4 is 35.3 Å². The molecular formula is C27H31N3O7. The number of anilines is 1. The minimum atomic E-state index is -1.12. The Morgan fingerprint density at radius 3 is 2.38 bits per heavy atom. The molecule has 1 aromatic rings. The van der Waals surface area contributed by atoms with Gasteiger partial charge in [0.2, 0.25) is 5.91 Å². The zero-order valence-electron chi connectivity index (χ0n) is 21.6. The molecule has 0 aliphatic carbocycles. The van der Waals surface area contributed by atoms with Gasteiger partial charge in [-0.25, -0.2) is 19.4 Å². The first-order valence-corrected chi connectivity index (χ1v) is 12.0. The van der Waals surface area contributed by atoms with Crippen molar-refractivity contribution in [1.82, 2.24) is 4.90 Å². The third-order valence-corrected chi connectivity index (χ3v) is 7.11. The summed E-state index contributed by atoms with van der Waals surface area (Å²) in [6, 6.07) is 5.66. The van der Waals surface area contributed by atoms with Crippen LogP contribution in [0.5, 0.6) is 0 Å². The van der Waals surface area contributed by atoms with Crippen LogP contribution in [0.1, 0.15) is 32.3 Å². The van der Waals surface area contributed by atoms with Gasteiger partial charge in [0.05, 0.1) is 38.4 Å². The van der Waals surface area contributed by atoms with E-state index in [1.807, 2.05) is 43.0 Å². The number of amidine groups is 1. The molecule has 1 spiro atoms. The van der Waals surface area contributed by atoms with Crippen molar-refractivity contribution in [3.63, 3.8) is 0 Å². The summed E-state index contributed by atoms with van der Waals surface area (Å²) >= 11 is 0. The van der Waals surface area contributed by atoms with Crippen molar-refractivity contribution in [2.45, 2.75) is 44.2 Å². The predicted molar refractivity (Wildman–Crippen MR) is 135 cm³/mol. The summed E-state index contributed by atoms with van der Waals surface area (Å²) in [6.07, 6.45) is 1.93. The van der Waals surface area contributed by atoms with Crippen LogP contribution in [0.2, 0.25) is 0 Å². The van der Waals surface area contributed by atoms with Crippen LogP contribution in [0.15, 0.2) is 53.2 Å². The molecule has 1 aromatic carbocycles. The highest BCUT2D eigenvalue weighted by Gasteiger charge is 2.67. The molecule has 3 aliphatic rings. The van der Waals surface area contributed by atoms with Gasteiger partial charge in [-0.1, -0.05) is 38.1 Å². The van der Waals surface area contributed by atoms with Gasteiger partial charge >= 0.3 is 17.9 Å². The van der Waals surface area contributed by atoms with Crippen LogP contribution in [-0.4, -0.2) is 74.5 Å². The smallest absolute Gasteiger partial charge is 0.357 e. The number of carbonyl (C=O) groups is 4. The number of nitrogens with zero attached hydrogens (tertiary/aromatic N) is 3. The topological polar surface area (TPSA) is 115 Å². The summed E-state index contributed by atoms with van der Waals surface area (Å²) < 4.78 is 15.2. The molecule has 3 heterocycles. The Balaban J connectivity index is 2.11. The fourth-order valence-corrected chi connectivity index (χ4v) is 5.80. The highest BCUT2D eigenvalue weighted by molar-refractivity contribution is 6.17. The summed E-state index contributed by atoms with van der Waals surface area (Å²) in [7, 11) is 3.67. The van der Waals surface area contributed by atoms with Crippen LogP contribution < -0.4 is 4.90 Å². The molecule has 3 aliphatic heterocycles. The third-order valence-electron chi connectivity index (χ3n) is 7.11. The number of aliphatic imine (C=N–C) groups is 1. The molecule has 1 saturated heterocycles. The Kier molecular flexibility index (Phi) is 6.94. The van der Waals surface area contributed by atoms with Crippen LogP contribution in [0.4, 0.5) is 5.69 Å². The number of methoxy groups -OCH3 is 3.